The van der Waals surface area contributed by atoms with Gasteiger partial charge in [0, 0.05) is 43.6 Å². The van der Waals surface area contributed by atoms with Crippen molar-refractivity contribution in [2.75, 3.05) is 51.0 Å². The highest BCUT2D eigenvalue weighted by molar-refractivity contribution is 7.18. The van der Waals surface area contributed by atoms with Crippen molar-refractivity contribution in [3.8, 4) is 0 Å². The Balaban J connectivity index is 1.63. The number of likely N-dealkylation sites (N-methyl/N-ethyl adjacent to an activating group) is 1. The van der Waals surface area contributed by atoms with Gasteiger partial charge in [-0.15, -0.1) is 11.3 Å². The lowest BCUT2D eigenvalue weighted by atomic mass is 10.1. The molecule has 0 aromatic carbocycles. The number of amides is 2. The summed E-state index contributed by atoms with van der Waals surface area (Å²) in [5, 5.41) is 18.0. The zero-order valence-corrected chi connectivity index (χ0v) is 19.5. The average molecular weight is 459 g/mol. The van der Waals surface area contributed by atoms with Crippen LogP contribution >= 0.6 is 11.3 Å². The Morgan fingerprint density at radius 1 is 1.25 bits per heavy atom. The third-order valence-electron chi connectivity index (χ3n) is 5.01. The van der Waals surface area contributed by atoms with Crippen LogP contribution in [0, 0.1) is 5.41 Å². The van der Waals surface area contributed by atoms with E-state index in [9.17, 15) is 9.59 Å². The molecule has 1 fully saturated rings. The summed E-state index contributed by atoms with van der Waals surface area (Å²) < 4.78 is 5.40. The number of pyridine rings is 1. The minimum atomic E-state index is -0.275. The van der Waals surface area contributed by atoms with Gasteiger partial charge < -0.3 is 31.0 Å². The quantitative estimate of drug-likeness (QED) is 0.429. The summed E-state index contributed by atoms with van der Waals surface area (Å²) in [5.41, 5.74) is 1.93. The number of nitrogens with zero attached hydrogens (tertiary/aromatic N) is 2. The molecule has 0 saturated carbocycles. The highest BCUT2D eigenvalue weighted by atomic mass is 32.1. The first-order valence-electron chi connectivity index (χ1n) is 10.6. The van der Waals surface area contributed by atoms with E-state index in [1.807, 2.05) is 19.0 Å². The SMILES string of the molecule is CC(=N)c1cc(C(=O)Nc2ccc(C(=O)NCCN(C)C)nc2)sc1NC1CCOCC1. The number of hydrogen-bond donors (Lipinski definition) is 4. The molecule has 0 aliphatic carbocycles. The summed E-state index contributed by atoms with van der Waals surface area (Å²) in [5.74, 6) is -0.527. The lowest BCUT2D eigenvalue weighted by Crippen LogP contribution is -2.31. The van der Waals surface area contributed by atoms with E-state index in [2.05, 4.69) is 20.9 Å². The van der Waals surface area contributed by atoms with Crippen molar-refractivity contribution in [1.29, 1.82) is 5.41 Å². The van der Waals surface area contributed by atoms with Crippen molar-refractivity contribution < 1.29 is 14.3 Å². The second kappa shape index (κ2) is 11.2. The molecule has 1 aliphatic heterocycles. The van der Waals surface area contributed by atoms with Crippen LogP contribution in [0.1, 0.15) is 45.5 Å². The van der Waals surface area contributed by atoms with E-state index in [0.717, 1.165) is 30.0 Å². The topological polar surface area (TPSA) is 119 Å². The molecule has 172 valence electrons. The van der Waals surface area contributed by atoms with Crippen LogP contribution in [0.25, 0.3) is 0 Å². The number of anilines is 2. The number of carbonyl (C=O) groups is 2. The molecule has 2 amide bonds. The third kappa shape index (κ3) is 6.59. The van der Waals surface area contributed by atoms with Gasteiger partial charge >= 0.3 is 0 Å². The first kappa shape index (κ1) is 23.8. The maximum Gasteiger partial charge on any atom is 0.269 e. The summed E-state index contributed by atoms with van der Waals surface area (Å²) in [6.45, 7) is 4.41. The first-order valence-corrected chi connectivity index (χ1v) is 11.4. The van der Waals surface area contributed by atoms with Crippen molar-refractivity contribution in [2.24, 2.45) is 0 Å². The summed E-state index contributed by atoms with van der Waals surface area (Å²) in [6.07, 6.45) is 3.27. The van der Waals surface area contributed by atoms with Gasteiger partial charge in [-0.1, -0.05) is 0 Å². The van der Waals surface area contributed by atoms with E-state index in [0.29, 0.717) is 41.7 Å². The molecular weight excluding hydrogens is 428 g/mol. The molecule has 1 saturated heterocycles. The van der Waals surface area contributed by atoms with Gasteiger partial charge in [-0.05, 0) is 52.1 Å². The maximum atomic E-state index is 12.8. The fraction of sp³-hybridized carbons (Fsp3) is 0.455. The molecule has 0 unspecified atom stereocenters. The molecule has 2 aromatic rings. The van der Waals surface area contributed by atoms with Crippen LogP contribution in [0.4, 0.5) is 10.7 Å². The van der Waals surface area contributed by atoms with Gasteiger partial charge in [0.05, 0.1) is 21.8 Å². The average Bonchev–Trinajstić information content (AvgIpc) is 3.19. The van der Waals surface area contributed by atoms with E-state index in [4.69, 9.17) is 10.1 Å². The molecule has 9 nitrogen and oxygen atoms in total. The van der Waals surface area contributed by atoms with Gasteiger partial charge in [0.15, 0.2) is 0 Å². The number of thiophene rings is 1. The monoisotopic (exact) mass is 458 g/mol. The Morgan fingerprint density at radius 3 is 2.62 bits per heavy atom. The summed E-state index contributed by atoms with van der Waals surface area (Å²) in [6, 6.07) is 5.25. The van der Waals surface area contributed by atoms with Crippen LogP contribution in [-0.4, -0.2) is 73.9 Å². The van der Waals surface area contributed by atoms with Gasteiger partial charge in [0.1, 0.15) is 5.69 Å². The fourth-order valence-electron chi connectivity index (χ4n) is 3.19. The first-order chi connectivity index (χ1) is 15.3. The normalized spacial score (nSPS) is 14.2. The summed E-state index contributed by atoms with van der Waals surface area (Å²) in [7, 11) is 3.87. The van der Waals surface area contributed by atoms with Crippen LogP contribution in [0.2, 0.25) is 0 Å². The number of carbonyl (C=O) groups excluding carboxylic acids is 2. The minimum Gasteiger partial charge on any atom is -0.381 e. The van der Waals surface area contributed by atoms with Crippen LogP contribution in [0.15, 0.2) is 24.4 Å². The Kier molecular flexibility index (Phi) is 8.32. The van der Waals surface area contributed by atoms with E-state index < -0.39 is 0 Å². The molecule has 4 N–H and O–H groups in total. The fourth-order valence-corrected chi connectivity index (χ4v) is 4.28. The predicted molar refractivity (Wildman–Crippen MR) is 127 cm³/mol. The molecule has 0 spiro atoms. The number of aromatic nitrogens is 1. The Labute approximate surface area is 192 Å². The smallest absolute Gasteiger partial charge is 0.269 e. The lowest BCUT2D eigenvalue weighted by molar-refractivity contribution is 0.0905. The van der Waals surface area contributed by atoms with Crippen molar-refractivity contribution in [1.82, 2.24) is 15.2 Å². The van der Waals surface area contributed by atoms with Crippen molar-refractivity contribution in [2.45, 2.75) is 25.8 Å². The van der Waals surface area contributed by atoms with E-state index in [1.165, 1.54) is 17.5 Å². The second-order valence-electron chi connectivity index (χ2n) is 7.95. The molecular formula is C22H30N6O3S. The van der Waals surface area contributed by atoms with Crippen molar-refractivity contribution >= 4 is 39.6 Å². The molecule has 10 heteroatoms. The maximum absolute atomic E-state index is 12.8. The standard InChI is InChI=1S/C22H30N6O3S/c1-14(23)17-12-19(32-22(17)27-15-6-10-31-11-7-15)21(30)26-16-4-5-18(25-13-16)20(29)24-8-9-28(2)3/h4-5,12-13,15,23,27H,6-11H2,1-3H3,(H,24,29)(H,26,30). The highest BCUT2D eigenvalue weighted by Gasteiger charge is 2.20. The van der Waals surface area contributed by atoms with Crippen LogP contribution < -0.4 is 16.0 Å². The molecule has 0 atom stereocenters. The van der Waals surface area contributed by atoms with E-state index in [-0.39, 0.29) is 17.9 Å². The zero-order valence-electron chi connectivity index (χ0n) is 18.7. The molecule has 0 radical (unpaired) electrons. The Bertz CT molecular complexity index is 951. The predicted octanol–water partition coefficient (Wildman–Crippen LogP) is 2.67. The summed E-state index contributed by atoms with van der Waals surface area (Å²) >= 11 is 1.33. The van der Waals surface area contributed by atoms with Gasteiger partial charge in [-0.3, -0.25) is 9.59 Å². The molecule has 0 bridgehead atoms. The van der Waals surface area contributed by atoms with Crippen molar-refractivity contribution in [3.63, 3.8) is 0 Å². The van der Waals surface area contributed by atoms with E-state index >= 15 is 0 Å². The Morgan fingerprint density at radius 2 is 2.00 bits per heavy atom. The Hall–Kier alpha value is -2.82. The molecule has 3 heterocycles. The second-order valence-corrected chi connectivity index (χ2v) is 9.01. The molecule has 1 aliphatic rings. The van der Waals surface area contributed by atoms with Crippen LogP contribution in [0.5, 0.6) is 0 Å². The molecule has 32 heavy (non-hydrogen) atoms. The number of hydrogen-bond acceptors (Lipinski definition) is 8. The van der Waals surface area contributed by atoms with E-state index in [1.54, 1.807) is 25.1 Å². The number of nitrogens with one attached hydrogen (secondary N) is 4. The largest absolute Gasteiger partial charge is 0.381 e. The number of ether oxygens (including phenoxy) is 1. The van der Waals surface area contributed by atoms with Gasteiger partial charge in [-0.2, -0.15) is 0 Å². The van der Waals surface area contributed by atoms with Gasteiger partial charge in [0.25, 0.3) is 11.8 Å². The summed E-state index contributed by atoms with van der Waals surface area (Å²) in [4.78, 5) is 31.6. The number of rotatable bonds is 9. The van der Waals surface area contributed by atoms with Crippen LogP contribution in [0.3, 0.4) is 0 Å². The zero-order chi connectivity index (χ0) is 23.1. The third-order valence-corrected chi connectivity index (χ3v) is 6.08. The molecule has 2 aromatic heterocycles. The lowest BCUT2D eigenvalue weighted by Gasteiger charge is -2.23. The van der Waals surface area contributed by atoms with Gasteiger partial charge in [-0.25, -0.2) is 4.98 Å². The van der Waals surface area contributed by atoms with Crippen molar-refractivity contribution in [3.05, 3.63) is 40.5 Å². The molecule has 3 rings (SSSR count). The minimum absolute atomic E-state index is 0.252. The highest BCUT2D eigenvalue weighted by Crippen LogP contribution is 2.31. The van der Waals surface area contributed by atoms with Gasteiger partial charge in [0.2, 0.25) is 0 Å². The van der Waals surface area contributed by atoms with Crippen LogP contribution in [-0.2, 0) is 4.74 Å².